The average Bonchev–Trinajstić information content (AvgIpc) is 3.48. The number of nitrogens with two attached hydrogens (primary N) is 1. The number of carbonyl (C=O) groups excluding carboxylic acids is 1. The molecule has 2 aliphatic heterocycles. The second-order valence-corrected chi connectivity index (χ2v) is 10.2. The molecule has 0 unspecified atom stereocenters. The molecule has 8 nitrogen and oxygen atoms in total. The van der Waals surface area contributed by atoms with Gasteiger partial charge in [-0.1, -0.05) is 18.6 Å². The van der Waals surface area contributed by atoms with Crippen molar-refractivity contribution in [3.63, 3.8) is 0 Å². The number of likely N-dealkylation sites (tertiary alicyclic amines) is 1. The van der Waals surface area contributed by atoms with Crippen molar-refractivity contribution in [1.82, 2.24) is 19.9 Å². The van der Waals surface area contributed by atoms with E-state index in [1.165, 1.54) is 37.2 Å². The molecule has 0 saturated carbocycles. The van der Waals surface area contributed by atoms with E-state index in [2.05, 4.69) is 20.9 Å². The standard InChI is InChI=1S/C25H28N6O2S/c26-22(32)21-14-18-17(5-4-6-20(18)27-21)23-28-24(31-9-11-33-12-10-31)19-13-16(34-25(19)29-23)15-30-7-2-1-3-8-30/h4-6,13-14,27H,1-3,7-12,15H2,(H2,26,32). The van der Waals surface area contributed by atoms with E-state index in [1.807, 2.05) is 18.2 Å². The fourth-order valence-corrected chi connectivity index (χ4v) is 6.06. The molecule has 1 amide bonds. The monoisotopic (exact) mass is 476 g/mol. The van der Waals surface area contributed by atoms with Crippen LogP contribution in [0.2, 0.25) is 0 Å². The zero-order valence-corrected chi connectivity index (χ0v) is 19.9. The van der Waals surface area contributed by atoms with Gasteiger partial charge in [0.2, 0.25) is 0 Å². The molecule has 1 aromatic carbocycles. The molecule has 0 atom stereocenters. The SMILES string of the molecule is NC(=O)c1cc2c(-c3nc(N4CCOCC4)c4cc(CN5CCCCC5)sc4n3)cccc2[nH]1. The van der Waals surface area contributed by atoms with E-state index in [-0.39, 0.29) is 0 Å². The number of carbonyl (C=O) groups is 1. The summed E-state index contributed by atoms with van der Waals surface area (Å²) in [5, 5.41) is 2.01. The highest BCUT2D eigenvalue weighted by Crippen LogP contribution is 2.36. The Labute approximate surface area is 201 Å². The minimum Gasteiger partial charge on any atom is -0.378 e. The lowest BCUT2D eigenvalue weighted by atomic mass is 10.1. The average molecular weight is 477 g/mol. The van der Waals surface area contributed by atoms with Crippen LogP contribution in [0.1, 0.15) is 34.6 Å². The van der Waals surface area contributed by atoms with Gasteiger partial charge in [-0.05, 0) is 44.1 Å². The highest BCUT2D eigenvalue weighted by Gasteiger charge is 2.22. The summed E-state index contributed by atoms with van der Waals surface area (Å²) in [5.41, 5.74) is 7.65. The Kier molecular flexibility index (Phi) is 5.68. The van der Waals surface area contributed by atoms with Crippen molar-refractivity contribution in [1.29, 1.82) is 0 Å². The first-order valence-corrected chi connectivity index (χ1v) is 12.7. The lowest BCUT2D eigenvalue weighted by molar-refractivity contribution is 0.0996. The van der Waals surface area contributed by atoms with Crippen LogP contribution in [0.25, 0.3) is 32.5 Å². The van der Waals surface area contributed by atoms with Crippen LogP contribution < -0.4 is 10.6 Å². The van der Waals surface area contributed by atoms with Crippen molar-refractivity contribution in [2.45, 2.75) is 25.8 Å². The van der Waals surface area contributed by atoms with E-state index in [0.29, 0.717) is 24.7 Å². The number of rotatable bonds is 5. The van der Waals surface area contributed by atoms with E-state index in [4.69, 9.17) is 20.4 Å². The fraction of sp³-hybridized carbons (Fsp3) is 0.400. The van der Waals surface area contributed by atoms with Crippen molar-refractivity contribution < 1.29 is 9.53 Å². The van der Waals surface area contributed by atoms with Gasteiger partial charge in [0.05, 0.1) is 18.6 Å². The highest BCUT2D eigenvalue weighted by molar-refractivity contribution is 7.18. The molecule has 0 bridgehead atoms. The van der Waals surface area contributed by atoms with E-state index in [0.717, 1.165) is 52.1 Å². The van der Waals surface area contributed by atoms with Gasteiger partial charge in [0, 0.05) is 41.0 Å². The lowest BCUT2D eigenvalue weighted by Crippen LogP contribution is -2.37. The van der Waals surface area contributed by atoms with Gasteiger partial charge < -0.3 is 20.4 Å². The largest absolute Gasteiger partial charge is 0.378 e. The number of aromatic amines is 1. The van der Waals surface area contributed by atoms with Gasteiger partial charge in [-0.25, -0.2) is 9.97 Å². The number of aromatic nitrogens is 3. The molecule has 0 aliphatic carbocycles. The van der Waals surface area contributed by atoms with Crippen molar-refractivity contribution in [2.24, 2.45) is 5.73 Å². The summed E-state index contributed by atoms with van der Waals surface area (Å²) in [5.74, 6) is 1.15. The number of thiophene rings is 1. The van der Waals surface area contributed by atoms with Gasteiger partial charge in [0.25, 0.3) is 5.91 Å². The van der Waals surface area contributed by atoms with Crippen molar-refractivity contribution in [3.05, 3.63) is 40.9 Å². The van der Waals surface area contributed by atoms with Crippen LogP contribution in [0.15, 0.2) is 30.3 Å². The quantitative estimate of drug-likeness (QED) is 0.455. The molecule has 3 aromatic heterocycles. The molecule has 2 saturated heterocycles. The normalized spacial score (nSPS) is 17.6. The molecule has 3 N–H and O–H groups in total. The first-order chi connectivity index (χ1) is 16.7. The van der Waals surface area contributed by atoms with Crippen LogP contribution in [-0.2, 0) is 11.3 Å². The molecule has 6 rings (SSSR count). The van der Waals surface area contributed by atoms with Gasteiger partial charge in [0.15, 0.2) is 5.82 Å². The Bertz CT molecular complexity index is 1350. The maximum atomic E-state index is 11.8. The number of piperidine rings is 1. The molecule has 5 heterocycles. The Hall–Kier alpha value is -3.01. The summed E-state index contributed by atoms with van der Waals surface area (Å²) < 4.78 is 5.60. The summed E-state index contributed by atoms with van der Waals surface area (Å²) in [6.45, 7) is 6.31. The van der Waals surface area contributed by atoms with Crippen molar-refractivity contribution in [3.8, 4) is 11.4 Å². The minimum absolute atomic E-state index is 0.386. The number of hydrogen-bond donors (Lipinski definition) is 2. The first-order valence-electron chi connectivity index (χ1n) is 11.9. The molecule has 34 heavy (non-hydrogen) atoms. The number of nitrogens with zero attached hydrogens (tertiary/aromatic N) is 4. The summed E-state index contributed by atoms with van der Waals surface area (Å²) >= 11 is 1.76. The third-order valence-corrected chi connectivity index (χ3v) is 7.75. The topological polar surface area (TPSA) is 100 Å². The van der Waals surface area contributed by atoms with Crippen molar-refractivity contribution in [2.75, 3.05) is 44.3 Å². The maximum Gasteiger partial charge on any atom is 0.265 e. The second kappa shape index (κ2) is 8.98. The van der Waals surface area contributed by atoms with Gasteiger partial charge in [-0.2, -0.15) is 0 Å². The second-order valence-electron chi connectivity index (χ2n) is 9.05. The molecule has 2 fully saturated rings. The molecule has 9 heteroatoms. The van der Waals surface area contributed by atoms with E-state index >= 15 is 0 Å². The van der Waals surface area contributed by atoms with Gasteiger partial charge in [-0.3, -0.25) is 9.69 Å². The Balaban J connectivity index is 1.47. The Morgan fingerprint density at radius 2 is 1.88 bits per heavy atom. The number of morpholine rings is 1. The number of hydrogen-bond acceptors (Lipinski definition) is 7. The van der Waals surface area contributed by atoms with Crippen LogP contribution in [0.3, 0.4) is 0 Å². The number of primary amides is 1. The van der Waals surface area contributed by atoms with E-state index in [1.54, 1.807) is 17.4 Å². The van der Waals surface area contributed by atoms with Gasteiger partial charge in [-0.15, -0.1) is 11.3 Å². The summed E-state index contributed by atoms with van der Waals surface area (Å²) in [4.78, 5) is 32.1. The van der Waals surface area contributed by atoms with Gasteiger partial charge >= 0.3 is 0 Å². The predicted octanol–water partition coefficient (Wildman–Crippen LogP) is 3.76. The lowest BCUT2D eigenvalue weighted by Gasteiger charge is -2.28. The third-order valence-electron chi connectivity index (χ3n) is 6.73. The van der Waals surface area contributed by atoms with Crippen LogP contribution in [-0.4, -0.2) is 65.2 Å². The number of anilines is 1. The van der Waals surface area contributed by atoms with Crippen LogP contribution in [0.4, 0.5) is 5.82 Å². The highest BCUT2D eigenvalue weighted by atomic mass is 32.1. The summed E-state index contributed by atoms with van der Waals surface area (Å²) in [6.07, 6.45) is 3.89. The van der Waals surface area contributed by atoms with E-state index < -0.39 is 5.91 Å². The first kappa shape index (κ1) is 21.5. The summed E-state index contributed by atoms with van der Waals surface area (Å²) in [7, 11) is 0. The molecule has 0 spiro atoms. The third kappa shape index (κ3) is 4.04. The minimum atomic E-state index is -0.479. The number of fused-ring (bicyclic) bond motifs is 2. The van der Waals surface area contributed by atoms with Crippen LogP contribution in [0.5, 0.6) is 0 Å². The van der Waals surface area contributed by atoms with Crippen LogP contribution >= 0.6 is 11.3 Å². The zero-order chi connectivity index (χ0) is 23.1. The summed E-state index contributed by atoms with van der Waals surface area (Å²) in [6, 6.07) is 9.98. The predicted molar refractivity (Wildman–Crippen MR) is 135 cm³/mol. The molecular weight excluding hydrogens is 448 g/mol. The number of benzene rings is 1. The Morgan fingerprint density at radius 1 is 1.06 bits per heavy atom. The number of H-pyrrole nitrogens is 1. The molecule has 2 aliphatic rings. The van der Waals surface area contributed by atoms with E-state index in [9.17, 15) is 4.79 Å². The zero-order valence-electron chi connectivity index (χ0n) is 19.0. The van der Waals surface area contributed by atoms with Crippen LogP contribution in [0, 0.1) is 0 Å². The Morgan fingerprint density at radius 3 is 2.68 bits per heavy atom. The number of amides is 1. The fourth-order valence-electron chi connectivity index (χ4n) is 4.99. The molecule has 176 valence electrons. The maximum absolute atomic E-state index is 11.8. The van der Waals surface area contributed by atoms with Crippen molar-refractivity contribution >= 4 is 44.2 Å². The smallest absolute Gasteiger partial charge is 0.265 e. The molecule has 0 radical (unpaired) electrons. The molecular formula is C25H28N6O2S. The van der Waals surface area contributed by atoms with Gasteiger partial charge in [0.1, 0.15) is 16.3 Å². The molecule has 4 aromatic rings. The number of nitrogens with one attached hydrogen (secondary N) is 1. The number of ether oxygens (including phenoxy) is 1.